The molecule has 0 radical (unpaired) electrons. The molecule has 214 valence electrons. The number of nitrogens with two attached hydrogens (primary N) is 1. The number of carbonyl (C=O) groups excluding carboxylic acids is 1. The lowest BCUT2D eigenvalue weighted by Gasteiger charge is -2.14. The van der Waals surface area contributed by atoms with Gasteiger partial charge in [0, 0.05) is 35.9 Å². The zero-order valence-electron chi connectivity index (χ0n) is 23.7. The Hall–Kier alpha value is -4.54. The summed E-state index contributed by atoms with van der Waals surface area (Å²) in [4.78, 5) is 13.0. The molecule has 41 heavy (non-hydrogen) atoms. The smallest absolute Gasteiger partial charge is 0.320 e. The van der Waals surface area contributed by atoms with E-state index in [1.165, 1.54) is 24.4 Å². The van der Waals surface area contributed by atoms with E-state index in [4.69, 9.17) is 20.4 Å². The highest BCUT2D eigenvalue weighted by Crippen LogP contribution is 2.29. The van der Waals surface area contributed by atoms with Gasteiger partial charge < -0.3 is 25.9 Å². The van der Waals surface area contributed by atoms with Crippen LogP contribution in [0.25, 0.3) is 5.69 Å². The Morgan fingerprint density at radius 3 is 2.56 bits per heavy atom. The standard InChI is InChI=1S/C31H35FN6O3/c1-20-5-8-24(9-6-20)38-29(17-28(37-38)31(2,3)4)36-30(40)35-19-22-15-23(32)7-12-27(22)41-25-10-11-26(34-13-14-39)21(16-25)18-33/h5-12,15-18,33-34,39H,13-14,19H2,1-4H3,(H2,35,36,40)/p+1. The number of carbonyl (C=O) groups is 1. The van der Waals surface area contributed by atoms with Gasteiger partial charge in [-0.15, -0.1) is 0 Å². The Kier molecular flexibility index (Phi) is 9.16. The summed E-state index contributed by atoms with van der Waals surface area (Å²) in [6.45, 7) is 8.65. The average Bonchev–Trinajstić information content (AvgIpc) is 3.37. The largest absolute Gasteiger partial charge is 0.457 e. The number of aliphatic hydroxyl groups is 1. The molecule has 4 rings (SSSR count). The second kappa shape index (κ2) is 12.8. The molecule has 0 aliphatic rings. The van der Waals surface area contributed by atoms with Crippen LogP contribution < -0.4 is 20.7 Å². The maximum Gasteiger partial charge on any atom is 0.320 e. The molecule has 1 aromatic heterocycles. The van der Waals surface area contributed by atoms with E-state index in [-0.39, 0.29) is 18.6 Å². The molecule has 6 N–H and O–H groups in total. The number of aliphatic hydroxyl groups excluding tert-OH is 1. The van der Waals surface area contributed by atoms with Gasteiger partial charge in [-0.3, -0.25) is 5.32 Å². The number of rotatable bonds is 10. The average molecular weight is 560 g/mol. The Balaban J connectivity index is 1.51. The van der Waals surface area contributed by atoms with Crippen LogP contribution in [0.1, 0.15) is 43.2 Å². The van der Waals surface area contributed by atoms with E-state index in [1.54, 1.807) is 22.9 Å². The summed E-state index contributed by atoms with van der Waals surface area (Å²) in [6.07, 6.45) is 1.21. The lowest BCUT2D eigenvalue weighted by Crippen LogP contribution is -2.79. The molecule has 0 saturated carbocycles. The van der Waals surface area contributed by atoms with E-state index in [0.29, 0.717) is 35.0 Å². The summed E-state index contributed by atoms with van der Waals surface area (Å²) < 4.78 is 21.9. The fourth-order valence-electron chi connectivity index (χ4n) is 4.12. The van der Waals surface area contributed by atoms with Crippen molar-refractivity contribution in [3.63, 3.8) is 0 Å². The molecule has 0 unspecified atom stereocenters. The number of benzene rings is 3. The second-order valence-corrected chi connectivity index (χ2v) is 10.7. The van der Waals surface area contributed by atoms with Gasteiger partial charge >= 0.3 is 6.03 Å². The normalized spacial score (nSPS) is 11.3. The van der Waals surface area contributed by atoms with Gasteiger partial charge in [0.25, 0.3) is 0 Å². The molecule has 0 atom stereocenters. The van der Waals surface area contributed by atoms with Crippen LogP contribution in [0.2, 0.25) is 0 Å². The molecule has 3 aromatic carbocycles. The Bertz CT molecular complexity index is 1530. The van der Waals surface area contributed by atoms with Gasteiger partial charge in [0.15, 0.2) is 0 Å². The molecule has 9 nitrogen and oxygen atoms in total. The predicted molar refractivity (Wildman–Crippen MR) is 157 cm³/mol. The molecular formula is C31H36FN6O3+. The van der Waals surface area contributed by atoms with Crippen molar-refractivity contribution < 1.29 is 24.3 Å². The van der Waals surface area contributed by atoms with E-state index in [0.717, 1.165) is 22.6 Å². The van der Waals surface area contributed by atoms with Crippen molar-refractivity contribution in [1.29, 1.82) is 5.41 Å². The van der Waals surface area contributed by atoms with Gasteiger partial charge in [-0.1, -0.05) is 38.5 Å². The van der Waals surface area contributed by atoms with Crippen LogP contribution in [0.4, 0.5) is 20.7 Å². The second-order valence-electron chi connectivity index (χ2n) is 10.7. The first-order valence-corrected chi connectivity index (χ1v) is 13.3. The fraction of sp³-hybridized carbons (Fsp3) is 0.258. The summed E-state index contributed by atoms with van der Waals surface area (Å²) in [5.74, 6) is 0.869. The monoisotopic (exact) mass is 559 g/mol. The number of aromatic nitrogens is 2. The number of ether oxygens (including phenoxy) is 1. The topological polar surface area (TPSA) is 129 Å². The molecule has 0 aliphatic carbocycles. The van der Waals surface area contributed by atoms with Crippen LogP contribution in [-0.2, 0) is 12.0 Å². The number of urea groups is 1. The quantitative estimate of drug-likeness (QED) is 0.140. The van der Waals surface area contributed by atoms with E-state index in [9.17, 15) is 9.18 Å². The van der Waals surface area contributed by atoms with Crippen molar-refractivity contribution in [3.05, 3.63) is 94.9 Å². The number of anilines is 1. The first-order valence-electron chi connectivity index (χ1n) is 13.3. The van der Waals surface area contributed by atoms with E-state index < -0.39 is 11.8 Å². The SMILES string of the molecule is Cc1ccc(-n2nc(C(C)(C)C)cc2NC(=O)NCc2cc(F)ccc2Oc2ccc([NH2+]CCO)c(C=N)c2)cc1. The van der Waals surface area contributed by atoms with Gasteiger partial charge in [-0.05, 0) is 49.4 Å². The minimum absolute atomic E-state index is 0.00348. The third-order valence-corrected chi connectivity index (χ3v) is 6.39. The van der Waals surface area contributed by atoms with Crippen LogP contribution in [0.3, 0.4) is 0 Å². The van der Waals surface area contributed by atoms with Crippen molar-refractivity contribution in [2.24, 2.45) is 0 Å². The molecule has 0 saturated heterocycles. The number of aryl methyl sites for hydroxylation is 1. The highest BCUT2D eigenvalue weighted by atomic mass is 19.1. The van der Waals surface area contributed by atoms with Gasteiger partial charge in [-0.2, -0.15) is 5.10 Å². The summed E-state index contributed by atoms with van der Waals surface area (Å²) in [7, 11) is 0. The Labute approximate surface area is 238 Å². The molecule has 0 spiro atoms. The van der Waals surface area contributed by atoms with Gasteiger partial charge in [0.1, 0.15) is 35.4 Å². The molecule has 4 aromatic rings. The van der Waals surface area contributed by atoms with Crippen molar-refractivity contribution in [3.8, 4) is 17.2 Å². The number of nitrogens with one attached hydrogen (secondary N) is 3. The van der Waals surface area contributed by atoms with Crippen LogP contribution in [0.5, 0.6) is 11.5 Å². The summed E-state index contributed by atoms with van der Waals surface area (Å²) >= 11 is 0. The highest BCUT2D eigenvalue weighted by molar-refractivity contribution is 5.88. The number of halogens is 1. The molecule has 1 heterocycles. The molecule has 2 amide bonds. The minimum atomic E-state index is -0.483. The Morgan fingerprint density at radius 2 is 1.88 bits per heavy atom. The van der Waals surface area contributed by atoms with Crippen molar-refractivity contribution in [2.75, 3.05) is 18.5 Å². The van der Waals surface area contributed by atoms with E-state index in [2.05, 4.69) is 31.4 Å². The third-order valence-electron chi connectivity index (χ3n) is 6.39. The number of hydrogen-bond acceptors (Lipinski definition) is 5. The number of quaternary nitrogens is 1. The van der Waals surface area contributed by atoms with Gasteiger partial charge in [0.05, 0.1) is 23.6 Å². The van der Waals surface area contributed by atoms with Gasteiger partial charge in [0.2, 0.25) is 0 Å². The van der Waals surface area contributed by atoms with Crippen LogP contribution in [0, 0.1) is 18.2 Å². The number of amides is 2. The van der Waals surface area contributed by atoms with Crippen LogP contribution >= 0.6 is 0 Å². The zero-order chi connectivity index (χ0) is 29.6. The van der Waals surface area contributed by atoms with Gasteiger partial charge in [-0.25, -0.2) is 13.9 Å². The molecule has 0 bridgehead atoms. The fourth-order valence-corrected chi connectivity index (χ4v) is 4.12. The molecule has 0 aliphatic heterocycles. The minimum Gasteiger partial charge on any atom is -0.457 e. The summed E-state index contributed by atoms with van der Waals surface area (Å²) in [6, 6.07) is 18.5. The van der Waals surface area contributed by atoms with E-state index >= 15 is 0 Å². The molecule has 10 heteroatoms. The number of hydrogen-bond donors (Lipinski definition) is 5. The predicted octanol–water partition coefficient (Wildman–Crippen LogP) is 4.92. The van der Waals surface area contributed by atoms with Crippen LogP contribution in [-0.4, -0.2) is 40.3 Å². The molecule has 0 fully saturated rings. The van der Waals surface area contributed by atoms with Crippen molar-refractivity contribution >= 4 is 23.8 Å². The zero-order valence-corrected chi connectivity index (χ0v) is 23.7. The maximum absolute atomic E-state index is 14.2. The molecular weight excluding hydrogens is 523 g/mol. The maximum atomic E-state index is 14.2. The summed E-state index contributed by atoms with van der Waals surface area (Å²) in [5.41, 5.74) is 4.38. The lowest BCUT2D eigenvalue weighted by molar-refractivity contribution is -0.573. The number of nitrogens with zero attached hydrogens (tertiary/aromatic N) is 2. The first-order chi connectivity index (χ1) is 19.6. The van der Waals surface area contributed by atoms with Crippen LogP contribution in [0.15, 0.2) is 66.7 Å². The lowest BCUT2D eigenvalue weighted by atomic mass is 9.92. The first kappa shape index (κ1) is 29.4. The third kappa shape index (κ3) is 7.56. The van der Waals surface area contributed by atoms with E-state index in [1.807, 2.05) is 42.6 Å². The Morgan fingerprint density at radius 1 is 1.12 bits per heavy atom. The highest BCUT2D eigenvalue weighted by Gasteiger charge is 2.22. The van der Waals surface area contributed by atoms with Crippen molar-refractivity contribution in [2.45, 2.75) is 39.7 Å². The summed E-state index contributed by atoms with van der Waals surface area (Å²) in [5, 5.41) is 29.0. The van der Waals surface area contributed by atoms with Crippen molar-refractivity contribution in [1.82, 2.24) is 15.1 Å².